The number of hydrogen-bond acceptors (Lipinski definition) is 3. The summed E-state index contributed by atoms with van der Waals surface area (Å²) in [5, 5.41) is 7.54. The van der Waals surface area contributed by atoms with Crippen molar-refractivity contribution in [3.05, 3.63) is 113 Å². The summed E-state index contributed by atoms with van der Waals surface area (Å²) in [5.41, 5.74) is 13.2. The average Bonchev–Trinajstić information content (AvgIpc) is 2.78. The molecule has 1 saturated carbocycles. The van der Waals surface area contributed by atoms with Crippen molar-refractivity contribution in [2.24, 2.45) is 5.92 Å². The van der Waals surface area contributed by atoms with Crippen molar-refractivity contribution in [1.82, 2.24) is 4.98 Å². The molecule has 0 spiro atoms. The predicted octanol–water partition coefficient (Wildman–Crippen LogP) is 7.31. The van der Waals surface area contributed by atoms with Gasteiger partial charge in [0.15, 0.2) is 0 Å². The SMILES string of the molecule is C=C(C)/C=C/c1ccc(/C(=C(\c2ccccc2)C2CCC2)c2ccc(N)c(C(=N)F)c2)nc1. The molecule has 0 aliphatic heterocycles. The van der Waals surface area contributed by atoms with E-state index in [2.05, 4.69) is 18.7 Å². The lowest BCUT2D eigenvalue weighted by atomic mass is 9.73. The van der Waals surface area contributed by atoms with Crippen LogP contribution >= 0.6 is 0 Å². The highest BCUT2D eigenvalue weighted by Crippen LogP contribution is 2.45. The van der Waals surface area contributed by atoms with E-state index < -0.39 is 5.97 Å². The predicted molar refractivity (Wildman–Crippen MR) is 137 cm³/mol. The Morgan fingerprint density at radius 2 is 1.85 bits per heavy atom. The number of nitrogen functional groups attached to an aromatic ring is 1. The number of halogens is 1. The van der Waals surface area contributed by atoms with E-state index in [0.29, 0.717) is 5.92 Å². The Morgan fingerprint density at radius 1 is 1.09 bits per heavy atom. The van der Waals surface area contributed by atoms with Crippen LogP contribution in [-0.4, -0.2) is 10.9 Å². The van der Waals surface area contributed by atoms with Crippen LogP contribution in [0, 0.1) is 11.3 Å². The molecule has 0 bridgehead atoms. The molecule has 1 aliphatic carbocycles. The second-order valence-electron chi connectivity index (χ2n) is 8.55. The fourth-order valence-electron chi connectivity index (χ4n) is 4.13. The highest BCUT2D eigenvalue weighted by Gasteiger charge is 2.28. The van der Waals surface area contributed by atoms with Crippen LogP contribution in [0.4, 0.5) is 10.1 Å². The van der Waals surface area contributed by atoms with Gasteiger partial charge in [-0.2, -0.15) is 4.39 Å². The highest BCUT2D eigenvalue weighted by atomic mass is 19.1. The molecule has 3 aromatic rings. The fourth-order valence-corrected chi connectivity index (χ4v) is 4.13. The van der Waals surface area contributed by atoms with Gasteiger partial charge in [0.1, 0.15) is 0 Å². The number of pyridine rings is 1. The topological polar surface area (TPSA) is 62.8 Å². The Balaban J connectivity index is 1.95. The van der Waals surface area contributed by atoms with Gasteiger partial charge < -0.3 is 5.73 Å². The molecule has 3 nitrogen and oxygen atoms in total. The molecule has 1 aromatic heterocycles. The van der Waals surface area contributed by atoms with E-state index in [-0.39, 0.29) is 11.3 Å². The first kappa shape index (κ1) is 22.4. The van der Waals surface area contributed by atoms with Gasteiger partial charge in [0.05, 0.1) is 11.3 Å². The Bertz CT molecular complexity index is 1230. The van der Waals surface area contributed by atoms with Crippen LogP contribution in [0.2, 0.25) is 0 Å². The van der Waals surface area contributed by atoms with Crippen molar-refractivity contribution in [1.29, 1.82) is 5.41 Å². The van der Waals surface area contributed by atoms with E-state index >= 15 is 0 Å². The lowest BCUT2D eigenvalue weighted by Gasteiger charge is -2.31. The van der Waals surface area contributed by atoms with Crippen molar-refractivity contribution in [2.45, 2.75) is 26.2 Å². The summed E-state index contributed by atoms with van der Waals surface area (Å²) < 4.78 is 14.0. The maximum atomic E-state index is 14.0. The second-order valence-corrected chi connectivity index (χ2v) is 8.55. The molecule has 0 unspecified atom stereocenters. The van der Waals surface area contributed by atoms with Crippen LogP contribution < -0.4 is 5.73 Å². The zero-order chi connectivity index (χ0) is 23.4. The molecule has 1 aliphatic rings. The molecule has 4 heteroatoms. The normalized spacial score (nSPS) is 14.6. The summed E-state index contributed by atoms with van der Waals surface area (Å²) in [7, 11) is 0. The monoisotopic (exact) mass is 437 g/mol. The average molecular weight is 438 g/mol. The first-order chi connectivity index (χ1) is 15.9. The number of aromatic nitrogens is 1. The van der Waals surface area contributed by atoms with Crippen molar-refractivity contribution in [2.75, 3.05) is 5.73 Å². The lowest BCUT2D eigenvalue weighted by Crippen LogP contribution is -2.15. The standard InChI is InChI=1S/C29H28FN3/c1-19(2)11-12-20-13-16-26(33-18-20)28(23-14-15-25(31)24(17-23)29(30)32)27(22-9-6-10-22)21-7-4-3-5-8-21/h3-5,7-8,11-18,22,32H,1,6,9-10,31H2,2H3/b12-11+,28-27+,32-29?. The molecule has 0 radical (unpaired) electrons. The summed E-state index contributed by atoms with van der Waals surface area (Å²) in [6, 6.07) is 19.6. The third-order valence-electron chi connectivity index (χ3n) is 6.05. The largest absolute Gasteiger partial charge is 0.398 e. The third kappa shape index (κ3) is 5.01. The molecule has 3 N–H and O–H groups in total. The van der Waals surface area contributed by atoms with E-state index in [4.69, 9.17) is 16.1 Å². The smallest absolute Gasteiger partial charge is 0.214 e. The number of hydrogen-bond donors (Lipinski definition) is 2. The highest BCUT2D eigenvalue weighted by molar-refractivity contribution is 6.02. The summed E-state index contributed by atoms with van der Waals surface area (Å²) in [6.45, 7) is 5.85. The summed E-state index contributed by atoms with van der Waals surface area (Å²) >= 11 is 0. The molecular weight excluding hydrogens is 409 g/mol. The van der Waals surface area contributed by atoms with Gasteiger partial charge in [-0.05, 0) is 66.1 Å². The summed E-state index contributed by atoms with van der Waals surface area (Å²) in [6.07, 6.45) is 9.18. The summed E-state index contributed by atoms with van der Waals surface area (Å²) in [4.78, 5) is 4.80. The maximum Gasteiger partial charge on any atom is 0.214 e. The minimum Gasteiger partial charge on any atom is -0.398 e. The fraction of sp³-hybridized carbons (Fsp3) is 0.172. The van der Waals surface area contributed by atoms with Crippen LogP contribution in [0.3, 0.4) is 0 Å². The van der Waals surface area contributed by atoms with Crippen LogP contribution in [0.1, 0.15) is 54.1 Å². The summed E-state index contributed by atoms with van der Waals surface area (Å²) in [5.74, 6) is -0.634. The minimum absolute atomic E-state index is 0.104. The van der Waals surface area contributed by atoms with Crippen molar-refractivity contribution in [3.8, 4) is 0 Å². The van der Waals surface area contributed by atoms with Gasteiger partial charge in [-0.1, -0.05) is 73.2 Å². The second kappa shape index (κ2) is 9.78. The van der Waals surface area contributed by atoms with Crippen LogP contribution in [0.15, 0.2) is 85.1 Å². The van der Waals surface area contributed by atoms with Crippen molar-refractivity contribution < 1.29 is 4.39 Å². The number of anilines is 1. The van der Waals surface area contributed by atoms with E-state index in [9.17, 15) is 4.39 Å². The minimum atomic E-state index is -1.04. The Labute approximate surface area is 194 Å². The van der Waals surface area contributed by atoms with Gasteiger partial charge in [0.25, 0.3) is 0 Å². The Kier molecular flexibility index (Phi) is 6.64. The van der Waals surface area contributed by atoms with E-state index in [1.165, 1.54) is 12.0 Å². The van der Waals surface area contributed by atoms with Crippen molar-refractivity contribution in [3.63, 3.8) is 0 Å². The van der Waals surface area contributed by atoms with E-state index in [1.807, 2.05) is 61.7 Å². The third-order valence-corrected chi connectivity index (χ3v) is 6.05. The van der Waals surface area contributed by atoms with Gasteiger partial charge in [-0.25, -0.2) is 0 Å². The molecule has 4 rings (SSSR count). The molecule has 1 heterocycles. The number of benzene rings is 2. The van der Waals surface area contributed by atoms with Crippen LogP contribution in [-0.2, 0) is 0 Å². The molecule has 0 saturated heterocycles. The van der Waals surface area contributed by atoms with E-state index in [1.54, 1.807) is 12.1 Å². The number of rotatable bonds is 7. The van der Waals surface area contributed by atoms with Gasteiger partial charge in [0, 0.05) is 17.5 Å². The maximum absolute atomic E-state index is 14.0. The van der Waals surface area contributed by atoms with Gasteiger partial charge in [-0.15, -0.1) is 0 Å². The zero-order valence-electron chi connectivity index (χ0n) is 18.8. The first-order valence-electron chi connectivity index (χ1n) is 11.2. The molecule has 0 atom stereocenters. The Hall–Kier alpha value is -3.79. The Morgan fingerprint density at radius 3 is 2.42 bits per heavy atom. The van der Waals surface area contributed by atoms with Crippen LogP contribution in [0.25, 0.3) is 17.2 Å². The van der Waals surface area contributed by atoms with Gasteiger partial charge >= 0.3 is 0 Å². The quantitative estimate of drug-likeness (QED) is 0.176. The number of nitrogens with two attached hydrogens (primary N) is 1. The number of nitrogens with one attached hydrogen (secondary N) is 1. The zero-order valence-corrected chi connectivity index (χ0v) is 18.8. The lowest BCUT2D eigenvalue weighted by molar-refractivity contribution is 0.401. The molecular formula is C29H28FN3. The number of nitrogens with zero attached hydrogens (tertiary/aromatic N) is 1. The van der Waals surface area contributed by atoms with Gasteiger partial charge in [0.2, 0.25) is 5.97 Å². The van der Waals surface area contributed by atoms with E-state index in [0.717, 1.165) is 46.4 Å². The first-order valence-corrected chi connectivity index (χ1v) is 11.2. The van der Waals surface area contributed by atoms with Gasteiger partial charge in [-0.3, -0.25) is 10.4 Å². The number of allylic oxidation sites excluding steroid dienone is 3. The molecule has 2 aromatic carbocycles. The van der Waals surface area contributed by atoms with Crippen LogP contribution in [0.5, 0.6) is 0 Å². The molecule has 33 heavy (non-hydrogen) atoms. The molecule has 0 amide bonds. The molecule has 166 valence electrons. The van der Waals surface area contributed by atoms with Crippen molar-refractivity contribution >= 4 is 28.9 Å². The molecule has 1 fully saturated rings.